The second-order valence-electron chi connectivity index (χ2n) is 3.57. The van der Waals surface area contributed by atoms with Crippen molar-refractivity contribution in [2.45, 2.75) is 0 Å². The molecule has 1 heterocycles. The van der Waals surface area contributed by atoms with Crippen LogP contribution < -0.4 is 16.1 Å². The van der Waals surface area contributed by atoms with Crippen molar-refractivity contribution in [2.24, 2.45) is 0 Å². The Balaban J connectivity index is 2.17. The van der Waals surface area contributed by atoms with E-state index in [2.05, 4.69) is 5.48 Å². The fraction of sp³-hybridized carbons (Fsp3) is 0. The van der Waals surface area contributed by atoms with Crippen LogP contribution in [0.25, 0.3) is 11.1 Å². The minimum atomic E-state index is 0.680. The van der Waals surface area contributed by atoms with Gasteiger partial charge < -0.3 is 10.6 Å². The van der Waals surface area contributed by atoms with E-state index in [4.69, 9.17) is 15.6 Å². The van der Waals surface area contributed by atoms with Crippen LogP contribution in [0.2, 0.25) is 0 Å². The van der Waals surface area contributed by atoms with E-state index in [-0.39, 0.29) is 0 Å². The molecular weight excluding hydrogens is 204 g/mol. The van der Waals surface area contributed by atoms with Crippen molar-refractivity contribution < 1.29 is 9.88 Å². The zero-order valence-corrected chi connectivity index (χ0v) is 8.44. The molecule has 2 aromatic carbocycles. The predicted molar refractivity (Wildman–Crippen MR) is 61.6 cm³/mol. The highest BCUT2D eigenvalue weighted by Crippen LogP contribution is 2.39. The van der Waals surface area contributed by atoms with Gasteiger partial charge in [0.2, 0.25) is 0 Å². The first-order valence-electron chi connectivity index (χ1n) is 4.93. The fourth-order valence-electron chi connectivity index (χ4n) is 1.76. The lowest BCUT2D eigenvalue weighted by Crippen LogP contribution is -1.93. The highest BCUT2D eigenvalue weighted by atomic mass is 17.3. The van der Waals surface area contributed by atoms with Crippen LogP contribution in [0.15, 0.2) is 42.5 Å². The van der Waals surface area contributed by atoms with E-state index >= 15 is 0 Å². The maximum Gasteiger partial charge on any atom is 0.194 e. The topological polar surface area (TPSA) is 56.5 Å². The molecule has 4 heteroatoms. The maximum absolute atomic E-state index is 5.76. The molecule has 3 rings (SSSR count). The van der Waals surface area contributed by atoms with Crippen molar-refractivity contribution in [3.63, 3.8) is 0 Å². The van der Waals surface area contributed by atoms with Gasteiger partial charge in [0.15, 0.2) is 5.75 Å². The lowest BCUT2D eigenvalue weighted by molar-refractivity contribution is -0.160. The predicted octanol–water partition coefficient (Wildman–Crippen LogP) is 2.59. The van der Waals surface area contributed by atoms with Crippen LogP contribution in [0, 0.1) is 0 Å². The molecule has 0 aromatic heterocycles. The maximum atomic E-state index is 5.76. The number of anilines is 2. The number of nitrogens with one attached hydrogen (secondary N) is 1. The Labute approximate surface area is 92.5 Å². The first-order valence-corrected chi connectivity index (χ1v) is 4.93. The Morgan fingerprint density at radius 1 is 1.06 bits per heavy atom. The van der Waals surface area contributed by atoms with Gasteiger partial charge in [-0.2, -0.15) is 0 Å². The van der Waals surface area contributed by atoms with Gasteiger partial charge in [0.25, 0.3) is 0 Å². The van der Waals surface area contributed by atoms with Crippen LogP contribution in [0.1, 0.15) is 0 Å². The van der Waals surface area contributed by atoms with E-state index in [1.807, 2.05) is 42.5 Å². The van der Waals surface area contributed by atoms with Crippen LogP contribution >= 0.6 is 0 Å². The summed E-state index contributed by atoms with van der Waals surface area (Å²) in [5, 5.41) is 0. The number of benzene rings is 2. The second-order valence-corrected chi connectivity index (χ2v) is 3.57. The third kappa shape index (κ3) is 1.36. The molecule has 0 bridgehead atoms. The van der Waals surface area contributed by atoms with Crippen LogP contribution in [0.4, 0.5) is 11.4 Å². The van der Waals surface area contributed by atoms with Crippen molar-refractivity contribution in [1.29, 1.82) is 0 Å². The zero-order chi connectivity index (χ0) is 11.0. The summed E-state index contributed by atoms with van der Waals surface area (Å²) >= 11 is 0. The number of hydrogen-bond acceptors (Lipinski definition) is 4. The summed E-state index contributed by atoms with van der Waals surface area (Å²) in [6, 6.07) is 13.4. The van der Waals surface area contributed by atoms with E-state index in [1.165, 1.54) is 0 Å². The van der Waals surface area contributed by atoms with E-state index < -0.39 is 0 Å². The van der Waals surface area contributed by atoms with Gasteiger partial charge in [-0.15, -0.1) is 0 Å². The third-order valence-corrected chi connectivity index (χ3v) is 2.50. The van der Waals surface area contributed by atoms with Gasteiger partial charge >= 0.3 is 0 Å². The standard InChI is InChI=1S/C12H10N2O2/c13-9-4-1-3-8(7-9)10-5-2-6-11-12(10)14-16-15-11/h1-7,14H,13H2. The Morgan fingerprint density at radius 2 is 1.94 bits per heavy atom. The molecule has 0 saturated heterocycles. The Morgan fingerprint density at radius 3 is 2.81 bits per heavy atom. The zero-order valence-electron chi connectivity index (χ0n) is 8.44. The van der Waals surface area contributed by atoms with Gasteiger partial charge in [0, 0.05) is 11.3 Å². The van der Waals surface area contributed by atoms with Crippen molar-refractivity contribution in [2.75, 3.05) is 11.2 Å². The lowest BCUT2D eigenvalue weighted by atomic mass is 10.0. The van der Waals surface area contributed by atoms with Gasteiger partial charge in [0.1, 0.15) is 5.69 Å². The number of nitrogens with two attached hydrogens (primary N) is 1. The average molecular weight is 214 g/mol. The minimum Gasteiger partial charge on any atom is -0.399 e. The van der Waals surface area contributed by atoms with Gasteiger partial charge in [-0.05, 0) is 23.8 Å². The summed E-state index contributed by atoms with van der Waals surface area (Å²) in [5.41, 5.74) is 12.1. The normalized spacial score (nSPS) is 12.8. The summed E-state index contributed by atoms with van der Waals surface area (Å²) < 4.78 is 0. The van der Waals surface area contributed by atoms with Crippen molar-refractivity contribution in [3.8, 4) is 16.9 Å². The van der Waals surface area contributed by atoms with Gasteiger partial charge in [-0.1, -0.05) is 29.3 Å². The molecule has 0 saturated carbocycles. The van der Waals surface area contributed by atoms with Crippen LogP contribution in [-0.4, -0.2) is 0 Å². The Kier molecular flexibility index (Phi) is 1.94. The highest BCUT2D eigenvalue weighted by Gasteiger charge is 2.17. The highest BCUT2D eigenvalue weighted by molar-refractivity contribution is 5.83. The van der Waals surface area contributed by atoms with E-state index in [0.29, 0.717) is 5.75 Å². The molecule has 80 valence electrons. The molecule has 0 amide bonds. The van der Waals surface area contributed by atoms with E-state index in [0.717, 1.165) is 22.5 Å². The van der Waals surface area contributed by atoms with Crippen LogP contribution in [0.5, 0.6) is 5.75 Å². The van der Waals surface area contributed by atoms with Gasteiger partial charge in [-0.3, -0.25) is 0 Å². The number of nitrogen functional groups attached to an aromatic ring is 1. The molecule has 0 atom stereocenters. The molecule has 16 heavy (non-hydrogen) atoms. The Bertz CT molecular complexity index is 540. The van der Waals surface area contributed by atoms with Crippen molar-refractivity contribution in [3.05, 3.63) is 42.5 Å². The molecule has 2 aromatic rings. The van der Waals surface area contributed by atoms with E-state index in [9.17, 15) is 0 Å². The molecule has 0 aliphatic carbocycles. The molecule has 1 aliphatic rings. The Hall–Kier alpha value is -2.20. The molecule has 0 fully saturated rings. The first-order chi connectivity index (χ1) is 7.84. The second kappa shape index (κ2) is 3.43. The molecule has 0 spiro atoms. The number of para-hydroxylation sites is 1. The summed E-state index contributed by atoms with van der Waals surface area (Å²) in [6.45, 7) is 0. The van der Waals surface area contributed by atoms with Gasteiger partial charge in [-0.25, -0.2) is 5.48 Å². The van der Waals surface area contributed by atoms with Crippen LogP contribution in [-0.2, 0) is 4.99 Å². The largest absolute Gasteiger partial charge is 0.399 e. The third-order valence-electron chi connectivity index (χ3n) is 2.50. The van der Waals surface area contributed by atoms with Crippen molar-refractivity contribution >= 4 is 11.4 Å². The van der Waals surface area contributed by atoms with E-state index in [1.54, 1.807) is 0 Å². The number of fused-ring (bicyclic) bond motifs is 1. The number of hydrogen-bond donors (Lipinski definition) is 2. The molecule has 1 aliphatic heterocycles. The lowest BCUT2D eigenvalue weighted by Gasteiger charge is -2.05. The average Bonchev–Trinajstić information content (AvgIpc) is 2.76. The molecule has 3 N–H and O–H groups in total. The van der Waals surface area contributed by atoms with Crippen LogP contribution in [0.3, 0.4) is 0 Å². The van der Waals surface area contributed by atoms with Gasteiger partial charge in [0.05, 0.1) is 0 Å². The molecule has 4 nitrogen and oxygen atoms in total. The molecule has 0 radical (unpaired) electrons. The summed E-state index contributed by atoms with van der Waals surface area (Å²) in [6.07, 6.45) is 0. The molecule has 0 unspecified atom stereocenters. The summed E-state index contributed by atoms with van der Waals surface area (Å²) in [7, 11) is 0. The first kappa shape index (κ1) is 9.06. The quantitative estimate of drug-likeness (QED) is 0.566. The number of rotatable bonds is 1. The summed E-state index contributed by atoms with van der Waals surface area (Å²) in [4.78, 5) is 9.67. The summed E-state index contributed by atoms with van der Waals surface area (Å²) in [5.74, 6) is 0.680. The molecular formula is C12H10N2O2. The smallest absolute Gasteiger partial charge is 0.194 e. The van der Waals surface area contributed by atoms with Crippen molar-refractivity contribution in [1.82, 2.24) is 0 Å². The fourth-order valence-corrected chi connectivity index (χ4v) is 1.76. The minimum absolute atomic E-state index is 0.680. The monoisotopic (exact) mass is 214 g/mol. The SMILES string of the molecule is Nc1cccc(-c2cccc3c2NOO3)c1.